The Labute approximate surface area is 227 Å². The number of fused-ring (bicyclic) bond motifs is 4. The van der Waals surface area contributed by atoms with Crippen molar-refractivity contribution in [3.63, 3.8) is 0 Å². The number of amides is 3. The van der Waals surface area contributed by atoms with Crippen molar-refractivity contribution >= 4 is 17.7 Å². The van der Waals surface area contributed by atoms with E-state index >= 15 is 0 Å². The van der Waals surface area contributed by atoms with Crippen LogP contribution >= 0.6 is 0 Å². The van der Waals surface area contributed by atoms with Gasteiger partial charge in [0.1, 0.15) is 17.6 Å². The van der Waals surface area contributed by atoms with Gasteiger partial charge in [-0.25, -0.2) is 4.98 Å². The zero-order valence-corrected chi connectivity index (χ0v) is 22.6. The van der Waals surface area contributed by atoms with E-state index in [1.807, 2.05) is 42.8 Å². The summed E-state index contributed by atoms with van der Waals surface area (Å²) >= 11 is 0. The van der Waals surface area contributed by atoms with E-state index < -0.39 is 11.9 Å². The van der Waals surface area contributed by atoms with Crippen molar-refractivity contribution in [1.82, 2.24) is 30.1 Å². The van der Waals surface area contributed by atoms with Crippen LogP contribution in [0.15, 0.2) is 48.9 Å². The summed E-state index contributed by atoms with van der Waals surface area (Å²) in [4.78, 5) is 48.0. The molecule has 39 heavy (non-hydrogen) atoms. The smallest absolute Gasteiger partial charge is 0.270 e. The maximum absolute atomic E-state index is 13.1. The zero-order chi connectivity index (χ0) is 27.8. The van der Waals surface area contributed by atoms with Crippen molar-refractivity contribution in [1.29, 1.82) is 0 Å². The molecule has 3 heterocycles. The number of hydrogen-bond donors (Lipinski definition) is 3. The van der Waals surface area contributed by atoms with Crippen molar-refractivity contribution in [2.75, 3.05) is 33.4 Å². The lowest BCUT2D eigenvalue weighted by atomic mass is 10.0. The van der Waals surface area contributed by atoms with Gasteiger partial charge in [-0.2, -0.15) is 0 Å². The third-order valence-electron chi connectivity index (χ3n) is 6.56. The third-order valence-corrected chi connectivity index (χ3v) is 6.56. The van der Waals surface area contributed by atoms with Gasteiger partial charge in [0.2, 0.25) is 11.8 Å². The van der Waals surface area contributed by atoms with Crippen LogP contribution < -0.4 is 20.1 Å². The summed E-state index contributed by atoms with van der Waals surface area (Å²) < 4.78 is 13.6. The predicted octanol–water partition coefficient (Wildman–Crippen LogP) is 2.46. The molecule has 0 aliphatic carbocycles. The quantitative estimate of drug-likeness (QED) is 0.472. The molecule has 11 nitrogen and oxygen atoms in total. The van der Waals surface area contributed by atoms with Crippen LogP contribution in [0.5, 0.6) is 11.5 Å². The molecule has 1 atom stereocenters. The van der Waals surface area contributed by atoms with Crippen molar-refractivity contribution in [3.05, 3.63) is 54.6 Å². The largest absolute Gasteiger partial charge is 0.493 e. The number of hydrogen-bond acceptors (Lipinski definition) is 6. The van der Waals surface area contributed by atoms with E-state index in [0.717, 1.165) is 11.4 Å². The number of aromatic amines is 1. The monoisotopic (exact) mass is 536 g/mol. The molecular formula is C28H36N6O5. The summed E-state index contributed by atoms with van der Waals surface area (Å²) in [5.74, 6) is 0.835. The molecular weight excluding hydrogens is 500 g/mol. The lowest BCUT2D eigenvalue weighted by molar-refractivity contribution is -0.130. The van der Waals surface area contributed by atoms with Crippen LogP contribution in [0.3, 0.4) is 0 Å². The van der Waals surface area contributed by atoms with E-state index in [2.05, 4.69) is 20.6 Å². The average molecular weight is 537 g/mol. The molecule has 3 aromatic rings. The fourth-order valence-corrected chi connectivity index (χ4v) is 4.50. The minimum absolute atomic E-state index is 0.134. The molecule has 0 radical (unpaired) electrons. The number of nitrogens with zero attached hydrogens (tertiary/aromatic N) is 3. The minimum atomic E-state index is -0.719. The Hall–Kier alpha value is -4.28. The normalized spacial score (nSPS) is 17.6. The van der Waals surface area contributed by atoms with Crippen molar-refractivity contribution in [3.8, 4) is 22.9 Å². The zero-order valence-electron chi connectivity index (χ0n) is 22.6. The van der Waals surface area contributed by atoms with Gasteiger partial charge < -0.3 is 34.6 Å². The highest BCUT2D eigenvalue weighted by Crippen LogP contribution is 2.32. The summed E-state index contributed by atoms with van der Waals surface area (Å²) in [6, 6.07) is 8.32. The maximum Gasteiger partial charge on any atom is 0.270 e. The first-order valence-corrected chi connectivity index (χ1v) is 13.2. The van der Waals surface area contributed by atoms with Gasteiger partial charge in [-0.3, -0.25) is 14.4 Å². The topological polar surface area (TPSA) is 131 Å². The molecule has 1 aromatic carbocycles. The third kappa shape index (κ3) is 6.98. The molecule has 0 fully saturated rings. The Morgan fingerprint density at radius 2 is 2.03 bits per heavy atom. The molecule has 3 amide bonds. The Kier molecular flexibility index (Phi) is 9.24. The van der Waals surface area contributed by atoms with Gasteiger partial charge in [-0.15, -0.1) is 0 Å². The molecule has 2 aromatic heterocycles. The number of aryl methyl sites for hydroxylation is 1. The van der Waals surface area contributed by atoms with Crippen LogP contribution in [-0.4, -0.2) is 76.5 Å². The fourth-order valence-electron chi connectivity index (χ4n) is 4.50. The summed E-state index contributed by atoms with van der Waals surface area (Å²) in [5.41, 5.74) is 1.25. The number of carbonyl (C=O) groups is 3. The van der Waals surface area contributed by atoms with Crippen molar-refractivity contribution in [2.24, 2.45) is 5.92 Å². The second-order valence-electron chi connectivity index (χ2n) is 9.76. The van der Waals surface area contributed by atoms with Gasteiger partial charge in [0.25, 0.3) is 5.91 Å². The molecule has 0 unspecified atom stereocenters. The molecule has 0 spiro atoms. The molecule has 1 aliphatic heterocycles. The van der Waals surface area contributed by atoms with Crippen LogP contribution in [0, 0.1) is 5.92 Å². The van der Waals surface area contributed by atoms with Crippen LogP contribution in [0.1, 0.15) is 37.2 Å². The Morgan fingerprint density at radius 3 is 2.77 bits per heavy atom. The first-order valence-electron chi connectivity index (χ1n) is 13.2. The summed E-state index contributed by atoms with van der Waals surface area (Å²) in [6.07, 6.45) is 6.44. The molecule has 208 valence electrons. The van der Waals surface area contributed by atoms with E-state index in [9.17, 15) is 14.4 Å². The molecule has 0 saturated heterocycles. The Balaban J connectivity index is 1.59. The highest BCUT2D eigenvalue weighted by atomic mass is 16.5. The van der Waals surface area contributed by atoms with Gasteiger partial charge in [0.05, 0.1) is 20.3 Å². The van der Waals surface area contributed by atoms with Crippen molar-refractivity contribution in [2.45, 2.75) is 39.3 Å². The van der Waals surface area contributed by atoms with E-state index in [1.54, 1.807) is 31.6 Å². The fraction of sp³-hybridized carbons (Fsp3) is 0.429. The van der Waals surface area contributed by atoms with Gasteiger partial charge in [-0.1, -0.05) is 13.8 Å². The van der Waals surface area contributed by atoms with Gasteiger partial charge in [-0.05, 0) is 49.1 Å². The number of benzene rings is 1. The summed E-state index contributed by atoms with van der Waals surface area (Å²) in [7, 11) is 1.58. The second-order valence-corrected chi connectivity index (χ2v) is 9.76. The lowest BCUT2D eigenvalue weighted by Crippen LogP contribution is -2.52. The first-order chi connectivity index (χ1) is 18.9. The first kappa shape index (κ1) is 27.7. The standard InChI is InChI=1S/C28H36N6O5/c1-19(2)25-27(36)31-11-5-13-33-15-12-30-26(33)20-8-9-22(38-3)23(17-20)39-16-6-14-34(18-24(35)32-25)28(37)21-7-4-10-29-21/h4,7-10,12,15,17,19,25,29H,5-6,11,13-14,16,18H2,1-3H3,(H,31,36)(H,32,35)/t25-/m1/s1. The number of nitrogens with one attached hydrogen (secondary N) is 3. The molecule has 0 saturated carbocycles. The van der Waals surface area contributed by atoms with Crippen molar-refractivity contribution < 1.29 is 23.9 Å². The van der Waals surface area contributed by atoms with E-state index in [1.165, 1.54) is 4.90 Å². The average Bonchev–Trinajstić information content (AvgIpc) is 3.63. The van der Waals surface area contributed by atoms with E-state index in [-0.39, 0.29) is 30.8 Å². The predicted molar refractivity (Wildman–Crippen MR) is 145 cm³/mol. The lowest BCUT2D eigenvalue weighted by Gasteiger charge is -2.25. The number of ether oxygens (including phenoxy) is 2. The molecule has 1 aliphatic rings. The summed E-state index contributed by atoms with van der Waals surface area (Å²) in [6.45, 7) is 5.21. The van der Waals surface area contributed by atoms with Crippen LogP contribution in [0.25, 0.3) is 11.4 Å². The Bertz CT molecular complexity index is 1270. The maximum atomic E-state index is 13.1. The van der Waals surface area contributed by atoms with Crippen LogP contribution in [0.2, 0.25) is 0 Å². The Morgan fingerprint density at radius 1 is 1.18 bits per heavy atom. The molecule has 11 heteroatoms. The minimum Gasteiger partial charge on any atom is -0.493 e. The van der Waals surface area contributed by atoms with Gasteiger partial charge in [0.15, 0.2) is 11.5 Å². The van der Waals surface area contributed by atoms with Gasteiger partial charge in [0, 0.05) is 43.8 Å². The second kappa shape index (κ2) is 13.0. The number of aromatic nitrogens is 3. The summed E-state index contributed by atoms with van der Waals surface area (Å²) in [5, 5.41) is 5.76. The van der Waals surface area contributed by atoms with Crippen LogP contribution in [-0.2, 0) is 16.1 Å². The van der Waals surface area contributed by atoms with Gasteiger partial charge >= 0.3 is 0 Å². The number of methoxy groups -OCH3 is 1. The highest BCUT2D eigenvalue weighted by molar-refractivity contribution is 5.96. The number of imidazole rings is 1. The number of H-pyrrole nitrogens is 1. The highest BCUT2D eigenvalue weighted by Gasteiger charge is 2.26. The van der Waals surface area contributed by atoms with E-state index in [4.69, 9.17) is 9.47 Å². The molecule has 4 rings (SSSR count). The number of carbonyl (C=O) groups excluding carboxylic acids is 3. The molecule has 3 N–H and O–H groups in total. The van der Waals surface area contributed by atoms with Crippen LogP contribution in [0.4, 0.5) is 0 Å². The molecule has 2 bridgehead atoms. The van der Waals surface area contributed by atoms with E-state index in [0.29, 0.717) is 49.7 Å². The number of rotatable bonds is 3. The SMILES string of the molecule is COc1ccc2cc1OCCCN(C(=O)c1ccc[nH]1)CC(=O)N[C@H](C(C)C)C(=O)NCCCn1ccnc1-2.